The van der Waals surface area contributed by atoms with Crippen molar-refractivity contribution in [2.24, 2.45) is 0 Å². The van der Waals surface area contributed by atoms with Crippen molar-refractivity contribution in [1.82, 2.24) is 4.90 Å². The number of aldehydes is 1. The Balaban J connectivity index is 2.80. The average molecular weight is 245 g/mol. The van der Waals surface area contributed by atoms with Crippen LogP contribution in [0.4, 0.5) is 13.2 Å². The summed E-state index contributed by atoms with van der Waals surface area (Å²) in [5.74, 6) is -2.01. The van der Waals surface area contributed by atoms with Crippen molar-refractivity contribution in [3.05, 3.63) is 35.9 Å². The second kappa shape index (κ2) is 5.47. The molecule has 0 heterocycles. The molecule has 0 atom stereocenters. The number of hydrogen-bond donors (Lipinski definition) is 0. The Bertz CT molecular complexity index is 389. The summed E-state index contributed by atoms with van der Waals surface area (Å²) in [6.07, 6.45) is -4.69. The van der Waals surface area contributed by atoms with E-state index in [-0.39, 0.29) is 12.8 Å². The average Bonchev–Trinajstić information content (AvgIpc) is 2.28. The molecule has 0 fully saturated rings. The van der Waals surface area contributed by atoms with Crippen LogP contribution in [0.3, 0.4) is 0 Å². The first-order valence-corrected chi connectivity index (χ1v) is 4.79. The highest BCUT2D eigenvalue weighted by molar-refractivity contribution is 5.83. The number of hydrogen-bond acceptors (Lipinski definition) is 2. The molecule has 1 aromatic carbocycles. The molecular weight excluding hydrogens is 235 g/mol. The number of carbonyl (C=O) groups is 2. The van der Waals surface area contributed by atoms with Gasteiger partial charge in [0.25, 0.3) is 0 Å². The Kier molecular flexibility index (Phi) is 4.25. The monoisotopic (exact) mass is 245 g/mol. The predicted octanol–water partition coefficient (Wildman–Crippen LogP) is 1.78. The summed E-state index contributed by atoms with van der Waals surface area (Å²) in [6.45, 7) is -0.814. The van der Waals surface area contributed by atoms with Crippen molar-refractivity contribution >= 4 is 12.2 Å². The standard InChI is InChI=1S/C11H10F3NO2/c12-11(13,14)10(17)15(6-7-16)8-9-4-2-1-3-5-9/h1-5,7H,6,8H2. The highest BCUT2D eigenvalue weighted by Crippen LogP contribution is 2.19. The summed E-state index contributed by atoms with van der Waals surface area (Å²) in [5, 5.41) is 0. The van der Waals surface area contributed by atoms with Gasteiger partial charge in [-0.15, -0.1) is 0 Å². The molecule has 1 rings (SSSR count). The number of halogens is 3. The largest absolute Gasteiger partial charge is 0.471 e. The predicted molar refractivity (Wildman–Crippen MR) is 54.0 cm³/mol. The smallest absolute Gasteiger partial charge is 0.324 e. The summed E-state index contributed by atoms with van der Waals surface area (Å²) in [4.78, 5) is 21.7. The molecule has 0 bridgehead atoms. The Morgan fingerprint density at radius 2 is 1.82 bits per heavy atom. The minimum Gasteiger partial charge on any atom is -0.324 e. The van der Waals surface area contributed by atoms with Crippen LogP contribution < -0.4 is 0 Å². The third kappa shape index (κ3) is 3.90. The Morgan fingerprint density at radius 1 is 1.24 bits per heavy atom. The van der Waals surface area contributed by atoms with Crippen LogP contribution in [0.5, 0.6) is 0 Å². The van der Waals surface area contributed by atoms with Gasteiger partial charge >= 0.3 is 12.1 Å². The summed E-state index contributed by atoms with van der Waals surface area (Å²) in [5.41, 5.74) is 0.534. The molecule has 0 saturated carbocycles. The maximum Gasteiger partial charge on any atom is 0.471 e. The van der Waals surface area contributed by atoms with E-state index in [9.17, 15) is 22.8 Å². The summed E-state index contributed by atoms with van der Waals surface area (Å²) < 4.78 is 36.7. The quantitative estimate of drug-likeness (QED) is 0.758. The molecule has 0 aliphatic rings. The molecule has 3 nitrogen and oxygen atoms in total. The van der Waals surface area contributed by atoms with Crippen LogP contribution in [-0.2, 0) is 16.1 Å². The zero-order valence-electron chi connectivity index (χ0n) is 8.78. The topological polar surface area (TPSA) is 37.4 Å². The van der Waals surface area contributed by atoms with Gasteiger partial charge in [0, 0.05) is 6.54 Å². The lowest BCUT2D eigenvalue weighted by Gasteiger charge is -2.21. The van der Waals surface area contributed by atoms with Crippen molar-refractivity contribution < 1.29 is 22.8 Å². The van der Waals surface area contributed by atoms with E-state index in [2.05, 4.69) is 0 Å². The molecular formula is C11H10F3NO2. The highest BCUT2D eigenvalue weighted by atomic mass is 19.4. The molecule has 0 aliphatic carbocycles. The van der Waals surface area contributed by atoms with Crippen molar-refractivity contribution in [2.75, 3.05) is 6.54 Å². The second-order valence-electron chi connectivity index (χ2n) is 3.34. The number of alkyl halides is 3. The third-order valence-electron chi connectivity index (χ3n) is 2.04. The Labute approximate surface area is 95.8 Å². The minimum atomic E-state index is -4.96. The lowest BCUT2D eigenvalue weighted by Crippen LogP contribution is -2.41. The van der Waals surface area contributed by atoms with Gasteiger partial charge in [0.15, 0.2) is 0 Å². The molecule has 0 saturated heterocycles. The normalized spacial score (nSPS) is 11.0. The molecule has 1 aromatic rings. The summed E-state index contributed by atoms with van der Waals surface area (Å²) in [7, 11) is 0. The maximum atomic E-state index is 12.2. The van der Waals surface area contributed by atoms with E-state index in [0.717, 1.165) is 0 Å². The Morgan fingerprint density at radius 3 is 2.29 bits per heavy atom. The van der Waals surface area contributed by atoms with Crippen molar-refractivity contribution in [3.63, 3.8) is 0 Å². The molecule has 1 amide bonds. The first-order chi connectivity index (χ1) is 7.95. The molecule has 0 aromatic heterocycles. The zero-order valence-corrected chi connectivity index (χ0v) is 8.78. The first kappa shape index (κ1) is 13.2. The number of nitrogens with zero attached hydrogens (tertiary/aromatic N) is 1. The molecule has 6 heteroatoms. The number of amides is 1. The summed E-state index contributed by atoms with van der Waals surface area (Å²) >= 11 is 0. The fourth-order valence-electron chi connectivity index (χ4n) is 1.29. The SMILES string of the molecule is O=CCN(Cc1ccccc1)C(=O)C(F)(F)F. The zero-order chi connectivity index (χ0) is 12.9. The highest BCUT2D eigenvalue weighted by Gasteiger charge is 2.42. The van der Waals surface area contributed by atoms with E-state index < -0.39 is 18.6 Å². The van der Waals surface area contributed by atoms with Gasteiger partial charge in [-0.1, -0.05) is 30.3 Å². The van der Waals surface area contributed by atoms with E-state index in [4.69, 9.17) is 0 Å². The maximum absolute atomic E-state index is 12.2. The molecule has 0 unspecified atom stereocenters. The van der Waals surface area contributed by atoms with Crippen LogP contribution in [0.15, 0.2) is 30.3 Å². The van der Waals surface area contributed by atoms with E-state index in [1.807, 2.05) is 0 Å². The minimum absolute atomic E-state index is 0.238. The van der Waals surface area contributed by atoms with Gasteiger partial charge in [0.2, 0.25) is 0 Å². The van der Waals surface area contributed by atoms with Crippen molar-refractivity contribution in [3.8, 4) is 0 Å². The summed E-state index contributed by atoms with van der Waals surface area (Å²) in [6, 6.07) is 8.17. The number of benzene rings is 1. The first-order valence-electron chi connectivity index (χ1n) is 4.79. The fraction of sp³-hybridized carbons (Fsp3) is 0.273. The molecule has 0 N–H and O–H groups in total. The third-order valence-corrected chi connectivity index (χ3v) is 2.04. The molecule has 0 spiro atoms. The van der Waals surface area contributed by atoms with Crippen molar-refractivity contribution in [1.29, 1.82) is 0 Å². The van der Waals surface area contributed by atoms with Crippen LogP contribution in [0.25, 0.3) is 0 Å². The fourth-order valence-corrected chi connectivity index (χ4v) is 1.29. The van der Waals surface area contributed by atoms with E-state index >= 15 is 0 Å². The molecule has 0 aliphatic heterocycles. The lowest BCUT2D eigenvalue weighted by molar-refractivity contribution is -0.186. The van der Waals surface area contributed by atoms with Gasteiger partial charge in [0.1, 0.15) is 6.29 Å². The molecule has 0 radical (unpaired) electrons. The van der Waals surface area contributed by atoms with Gasteiger partial charge < -0.3 is 9.69 Å². The Hall–Kier alpha value is -1.85. The number of carbonyl (C=O) groups excluding carboxylic acids is 2. The molecule has 92 valence electrons. The van der Waals surface area contributed by atoms with Crippen LogP contribution >= 0.6 is 0 Å². The molecule has 17 heavy (non-hydrogen) atoms. The number of rotatable bonds is 4. The van der Waals surface area contributed by atoms with E-state index in [0.29, 0.717) is 10.5 Å². The van der Waals surface area contributed by atoms with Gasteiger partial charge in [-0.05, 0) is 5.56 Å². The van der Waals surface area contributed by atoms with Crippen LogP contribution in [-0.4, -0.2) is 29.8 Å². The van der Waals surface area contributed by atoms with Crippen LogP contribution in [0, 0.1) is 0 Å². The van der Waals surface area contributed by atoms with Gasteiger partial charge in [-0.25, -0.2) is 0 Å². The van der Waals surface area contributed by atoms with Crippen LogP contribution in [0.1, 0.15) is 5.56 Å². The lowest BCUT2D eigenvalue weighted by atomic mass is 10.2. The van der Waals surface area contributed by atoms with Gasteiger partial charge in [-0.2, -0.15) is 13.2 Å². The van der Waals surface area contributed by atoms with Crippen molar-refractivity contribution in [2.45, 2.75) is 12.7 Å². The van der Waals surface area contributed by atoms with E-state index in [1.54, 1.807) is 30.3 Å². The second-order valence-corrected chi connectivity index (χ2v) is 3.34. The van der Waals surface area contributed by atoms with Crippen LogP contribution in [0.2, 0.25) is 0 Å². The van der Waals surface area contributed by atoms with Gasteiger partial charge in [0.05, 0.1) is 6.54 Å². The van der Waals surface area contributed by atoms with E-state index in [1.165, 1.54) is 0 Å². The van der Waals surface area contributed by atoms with Gasteiger partial charge in [-0.3, -0.25) is 4.79 Å².